The number of likely N-dealkylation sites (N-methyl/N-ethyl adjacent to an activating group) is 1. The highest BCUT2D eigenvalue weighted by atomic mass is 35.5. The zero-order valence-electron chi connectivity index (χ0n) is 10.6. The van der Waals surface area contributed by atoms with Crippen LogP contribution in [0.2, 0.25) is 10.0 Å². The Labute approximate surface area is 118 Å². The lowest BCUT2D eigenvalue weighted by Gasteiger charge is -2.39. The van der Waals surface area contributed by atoms with Gasteiger partial charge in [0.15, 0.2) is 0 Å². The van der Waals surface area contributed by atoms with Gasteiger partial charge in [-0.2, -0.15) is 0 Å². The third-order valence-electron chi connectivity index (χ3n) is 4.47. The Morgan fingerprint density at radius 3 is 2.83 bits per heavy atom. The lowest BCUT2D eigenvalue weighted by atomic mass is 9.85. The summed E-state index contributed by atoms with van der Waals surface area (Å²) in [4.78, 5) is 2.45. The van der Waals surface area contributed by atoms with E-state index in [0.717, 1.165) is 25.0 Å². The minimum absolute atomic E-state index is 0.192. The van der Waals surface area contributed by atoms with Gasteiger partial charge in [-0.15, -0.1) is 0 Å². The van der Waals surface area contributed by atoms with E-state index in [2.05, 4.69) is 24.9 Å². The van der Waals surface area contributed by atoms with Crippen LogP contribution in [0.4, 0.5) is 0 Å². The number of halogens is 2. The molecule has 4 heteroatoms. The molecule has 0 radical (unpaired) electrons. The van der Waals surface area contributed by atoms with E-state index in [1.807, 2.05) is 12.1 Å². The molecule has 2 aliphatic heterocycles. The Morgan fingerprint density at radius 1 is 1.39 bits per heavy atom. The van der Waals surface area contributed by atoms with Gasteiger partial charge in [0.1, 0.15) is 5.60 Å². The molecule has 2 bridgehead atoms. The summed E-state index contributed by atoms with van der Waals surface area (Å²) >= 11 is 12.2. The van der Waals surface area contributed by atoms with Crippen molar-refractivity contribution in [2.75, 3.05) is 13.7 Å². The number of likely N-dealkylation sites (tertiary alicyclic amines) is 1. The lowest BCUT2D eigenvalue weighted by molar-refractivity contribution is -0.0848. The van der Waals surface area contributed by atoms with Gasteiger partial charge < -0.3 is 4.74 Å². The lowest BCUT2D eigenvalue weighted by Crippen LogP contribution is -2.48. The van der Waals surface area contributed by atoms with Gasteiger partial charge >= 0.3 is 0 Å². The predicted octanol–water partition coefficient (Wildman–Crippen LogP) is 3.70. The van der Waals surface area contributed by atoms with Crippen molar-refractivity contribution in [1.29, 1.82) is 0 Å². The second-order valence-corrected chi connectivity index (χ2v) is 6.09. The molecule has 3 unspecified atom stereocenters. The number of hydrogen-bond acceptors (Lipinski definition) is 2. The third kappa shape index (κ3) is 1.63. The number of rotatable bonds is 2. The average Bonchev–Trinajstić information content (AvgIpc) is 2.89. The fourth-order valence-electron chi connectivity index (χ4n) is 3.56. The van der Waals surface area contributed by atoms with Crippen molar-refractivity contribution in [2.24, 2.45) is 0 Å². The first-order valence-corrected chi connectivity index (χ1v) is 7.15. The highest BCUT2D eigenvalue weighted by molar-refractivity contribution is 6.42. The minimum atomic E-state index is -0.192. The van der Waals surface area contributed by atoms with Gasteiger partial charge in [-0.25, -0.2) is 0 Å². The van der Waals surface area contributed by atoms with Crippen molar-refractivity contribution in [3.63, 3.8) is 0 Å². The zero-order valence-corrected chi connectivity index (χ0v) is 12.1. The van der Waals surface area contributed by atoms with Gasteiger partial charge in [-0.1, -0.05) is 36.2 Å². The molecule has 0 aliphatic carbocycles. The Bertz CT molecular complexity index is 479. The van der Waals surface area contributed by atoms with E-state index in [0.29, 0.717) is 22.1 Å². The van der Waals surface area contributed by atoms with Crippen molar-refractivity contribution in [3.8, 4) is 0 Å². The Kier molecular flexibility index (Phi) is 3.10. The number of ether oxygens (including phenoxy) is 1. The first-order valence-electron chi connectivity index (χ1n) is 6.40. The van der Waals surface area contributed by atoms with E-state index in [-0.39, 0.29) is 5.60 Å². The summed E-state index contributed by atoms with van der Waals surface area (Å²) in [6.07, 6.45) is 2.13. The maximum absolute atomic E-state index is 6.15. The van der Waals surface area contributed by atoms with Gasteiger partial charge in [0.2, 0.25) is 0 Å². The van der Waals surface area contributed by atoms with Crippen LogP contribution in [0.5, 0.6) is 0 Å². The summed E-state index contributed by atoms with van der Waals surface area (Å²) in [6, 6.07) is 6.85. The average molecular weight is 286 g/mol. The Balaban J connectivity index is 2.06. The molecule has 18 heavy (non-hydrogen) atoms. The molecule has 0 spiro atoms. The van der Waals surface area contributed by atoms with E-state index >= 15 is 0 Å². The molecule has 2 fully saturated rings. The molecule has 0 N–H and O–H groups in total. The Morgan fingerprint density at radius 2 is 2.17 bits per heavy atom. The number of morpholine rings is 1. The molecule has 1 aromatic rings. The first-order chi connectivity index (χ1) is 8.58. The normalized spacial score (nSPS) is 35.3. The van der Waals surface area contributed by atoms with E-state index < -0.39 is 0 Å². The molecule has 1 aromatic carbocycles. The van der Waals surface area contributed by atoms with Crippen LogP contribution in [0.15, 0.2) is 18.2 Å². The second kappa shape index (κ2) is 4.38. The smallest absolute Gasteiger partial charge is 0.110 e. The van der Waals surface area contributed by atoms with Crippen LogP contribution < -0.4 is 0 Å². The van der Waals surface area contributed by atoms with E-state index in [9.17, 15) is 0 Å². The quantitative estimate of drug-likeness (QED) is 0.822. The summed E-state index contributed by atoms with van der Waals surface area (Å²) in [6.45, 7) is 3.03. The number of benzene rings is 1. The molecule has 98 valence electrons. The molecule has 2 nitrogen and oxygen atoms in total. The van der Waals surface area contributed by atoms with Gasteiger partial charge in [0.25, 0.3) is 0 Å². The van der Waals surface area contributed by atoms with Gasteiger partial charge in [0, 0.05) is 12.1 Å². The van der Waals surface area contributed by atoms with Crippen molar-refractivity contribution >= 4 is 23.2 Å². The molecule has 0 amide bonds. The molecular weight excluding hydrogens is 269 g/mol. The molecule has 2 saturated heterocycles. The monoisotopic (exact) mass is 285 g/mol. The standard InChI is InChI=1S/C14H17Cl2NO/c1-3-13-14(7-10(8-18-14)17(13)2)9-4-5-11(15)12(16)6-9/h4-6,10,13H,3,7-8H2,1-2H3. The fourth-order valence-corrected chi connectivity index (χ4v) is 3.86. The molecule has 3 atom stereocenters. The second-order valence-electron chi connectivity index (χ2n) is 5.28. The third-order valence-corrected chi connectivity index (χ3v) is 5.21. The summed E-state index contributed by atoms with van der Waals surface area (Å²) in [5.41, 5.74) is 0.971. The molecule has 3 rings (SSSR count). The van der Waals surface area contributed by atoms with Crippen LogP contribution in [0, 0.1) is 0 Å². The highest BCUT2D eigenvalue weighted by Crippen LogP contribution is 2.50. The number of fused-ring (bicyclic) bond motifs is 2. The molecule has 0 saturated carbocycles. The van der Waals surface area contributed by atoms with E-state index in [1.54, 1.807) is 0 Å². The van der Waals surface area contributed by atoms with Crippen LogP contribution in [0.1, 0.15) is 25.3 Å². The molecule has 2 heterocycles. The van der Waals surface area contributed by atoms with Crippen LogP contribution >= 0.6 is 23.2 Å². The van der Waals surface area contributed by atoms with Crippen molar-refractivity contribution < 1.29 is 4.74 Å². The Hall–Kier alpha value is -0.280. The molecule has 2 aliphatic rings. The van der Waals surface area contributed by atoms with Crippen LogP contribution in [0.3, 0.4) is 0 Å². The highest BCUT2D eigenvalue weighted by Gasteiger charge is 2.56. The van der Waals surface area contributed by atoms with E-state index in [1.165, 1.54) is 0 Å². The van der Waals surface area contributed by atoms with Crippen LogP contribution in [-0.2, 0) is 10.3 Å². The zero-order chi connectivity index (χ0) is 12.9. The summed E-state index contributed by atoms with van der Waals surface area (Å²) in [5.74, 6) is 0. The van der Waals surface area contributed by atoms with Crippen molar-refractivity contribution in [1.82, 2.24) is 4.90 Å². The largest absolute Gasteiger partial charge is 0.367 e. The number of nitrogens with zero attached hydrogens (tertiary/aromatic N) is 1. The SMILES string of the molecule is CCC1N(C)C2COC1(c1ccc(Cl)c(Cl)c1)C2. The van der Waals surface area contributed by atoms with Crippen LogP contribution in [-0.4, -0.2) is 30.6 Å². The molecular formula is C14H17Cl2NO. The van der Waals surface area contributed by atoms with Crippen LogP contribution in [0.25, 0.3) is 0 Å². The first kappa shape index (κ1) is 12.7. The minimum Gasteiger partial charge on any atom is -0.367 e. The maximum atomic E-state index is 6.15. The summed E-state index contributed by atoms with van der Waals surface area (Å²) < 4.78 is 6.15. The molecule has 0 aromatic heterocycles. The van der Waals surface area contributed by atoms with Gasteiger partial charge in [-0.05, 0) is 37.6 Å². The van der Waals surface area contributed by atoms with Gasteiger partial charge in [-0.3, -0.25) is 4.90 Å². The predicted molar refractivity (Wildman–Crippen MR) is 74.3 cm³/mol. The van der Waals surface area contributed by atoms with Crippen molar-refractivity contribution in [3.05, 3.63) is 33.8 Å². The maximum Gasteiger partial charge on any atom is 0.110 e. The summed E-state index contributed by atoms with van der Waals surface area (Å²) in [5, 5.41) is 1.21. The van der Waals surface area contributed by atoms with E-state index in [4.69, 9.17) is 27.9 Å². The number of hydrogen-bond donors (Lipinski definition) is 0. The van der Waals surface area contributed by atoms with Gasteiger partial charge in [0.05, 0.1) is 16.7 Å². The summed E-state index contributed by atoms with van der Waals surface area (Å²) in [7, 11) is 2.20. The topological polar surface area (TPSA) is 12.5 Å². The fraction of sp³-hybridized carbons (Fsp3) is 0.571. The van der Waals surface area contributed by atoms with Crippen molar-refractivity contribution in [2.45, 2.75) is 37.5 Å².